The highest BCUT2D eigenvalue weighted by atomic mass is 16.5. The molecule has 0 fully saturated rings. The molecule has 0 amide bonds. The Morgan fingerprint density at radius 2 is 1.94 bits per heavy atom. The van der Waals surface area contributed by atoms with Gasteiger partial charge in [0.05, 0.1) is 13.0 Å². The van der Waals surface area contributed by atoms with Crippen molar-refractivity contribution in [3.8, 4) is 0 Å². The lowest BCUT2D eigenvalue weighted by atomic mass is 10.1. The molecule has 100 valence electrons. The van der Waals surface area contributed by atoms with Crippen molar-refractivity contribution in [1.82, 2.24) is 0 Å². The van der Waals surface area contributed by atoms with Gasteiger partial charge in [-0.1, -0.05) is 32.4 Å². The normalized spacial score (nSPS) is 11.9. The molecule has 0 saturated heterocycles. The van der Waals surface area contributed by atoms with Crippen LogP contribution >= 0.6 is 0 Å². The number of rotatable bonds is 7. The number of methoxy groups -OCH3 is 1. The van der Waals surface area contributed by atoms with Crippen LogP contribution in [0.25, 0.3) is 0 Å². The molecule has 0 spiro atoms. The Balaban J connectivity index is 2.49. The molecule has 0 aliphatic heterocycles. The van der Waals surface area contributed by atoms with Gasteiger partial charge in [0, 0.05) is 12.2 Å². The molecule has 3 heteroatoms. The molecule has 18 heavy (non-hydrogen) atoms. The number of carbonyl (C=O) groups is 1. The Kier molecular flexibility index (Phi) is 6.26. The largest absolute Gasteiger partial charge is 0.469 e. The average molecular weight is 249 g/mol. The van der Waals surface area contributed by atoms with Crippen molar-refractivity contribution in [3.63, 3.8) is 0 Å². The zero-order valence-electron chi connectivity index (χ0n) is 11.5. The third-order valence-corrected chi connectivity index (χ3v) is 3.07. The van der Waals surface area contributed by atoms with Crippen molar-refractivity contribution in [1.29, 1.82) is 0 Å². The first kappa shape index (κ1) is 14.6. The molecule has 3 nitrogen and oxygen atoms in total. The van der Waals surface area contributed by atoms with Gasteiger partial charge >= 0.3 is 5.97 Å². The molecule has 0 radical (unpaired) electrons. The monoisotopic (exact) mass is 249 g/mol. The van der Waals surface area contributed by atoms with Crippen LogP contribution in [0.5, 0.6) is 0 Å². The summed E-state index contributed by atoms with van der Waals surface area (Å²) in [5, 5.41) is 3.28. The molecule has 1 aromatic rings. The van der Waals surface area contributed by atoms with Crippen molar-refractivity contribution in [2.75, 3.05) is 19.0 Å². The van der Waals surface area contributed by atoms with Crippen LogP contribution in [0.4, 0.5) is 5.69 Å². The maximum atomic E-state index is 11.4. The summed E-state index contributed by atoms with van der Waals surface area (Å²) in [7, 11) is 1.44. The Hall–Kier alpha value is -1.51. The molecule has 1 rings (SSSR count). The fraction of sp³-hybridized carbons (Fsp3) is 0.533. The molecule has 0 aliphatic carbocycles. The summed E-state index contributed by atoms with van der Waals surface area (Å²) in [5.74, 6) is -0.224. The lowest BCUT2D eigenvalue weighted by Gasteiger charge is -2.14. The Labute approximate surface area is 110 Å². The molecule has 0 saturated carbocycles. The van der Waals surface area contributed by atoms with Gasteiger partial charge < -0.3 is 10.1 Å². The Bertz CT molecular complexity index is 359. The van der Waals surface area contributed by atoms with Crippen molar-refractivity contribution >= 4 is 11.7 Å². The summed E-state index contributed by atoms with van der Waals surface area (Å²) in [6, 6.07) is 8.39. The van der Waals surface area contributed by atoms with Crippen molar-refractivity contribution in [3.05, 3.63) is 29.8 Å². The number of ether oxygens (including phenoxy) is 1. The van der Waals surface area contributed by atoms with Gasteiger partial charge in [-0.05, 0) is 30.5 Å². The van der Waals surface area contributed by atoms with E-state index < -0.39 is 0 Å². The van der Waals surface area contributed by atoms with Crippen LogP contribution in [0.1, 0.15) is 32.3 Å². The zero-order chi connectivity index (χ0) is 13.4. The number of nitrogens with one attached hydrogen (secondary N) is 1. The zero-order valence-corrected chi connectivity index (χ0v) is 11.5. The van der Waals surface area contributed by atoms with E-state index in [9.17, 15) is 4.79 Å². The number of hydrogen-bond acceptors (Lipinski definition) is 3. The van der Waals surface area contributed by atoms with Crippen LogP contribution < -0.4 is 5.32 Å². The first-order valence-electron chi connectivity index (χ1n) is 6.61. The van der Waals surface area contributed by atoms with Crippen LogP contribution in [0, 0.1) is 5.92 Å². The predicted octanol–water partition coefficient (Wildman–Crippen LogP) is 3.25. The number of benzene rings is 1. The minimum atomic E-state index is -0.146. The molecular formula is C15H23NO2. The van der Waals surface area contributed by atoms with Crippen LogP contribution in [0.2, 0.25) is 0 Å². The highest BCUT2D eigenvalue weighted by molar-refractivity contribution is 5.73. The van der Waals surface area contributed by atoms with E-state index in [4.69, 9.17) is 4.74 Å². The van der Waals surface area contributed by atoms with Gasteiger partial charge in [0.25, 0.3) is 0 Å². The number of carbonyl (C=O) groups excluding carboxylic acids is 1. The van der Waals surface area contributed by atoms with E-state index in [1.807, 2.05) is 6.92 Å². The lowest BCUT2D eigenvalue weighted by Crippen LogP contribution is -2.23. The van der Waals surface area contributed by atoms with Crippen LogP contribution in [-0.2, 0) is 16.0 Å². The van der Waals surface area contributed by atoms with Crippen molar-refractivity contribution in [2.45, 2.75) is 33.1 Å². The smallest absolute Gasteiger partial charge is 0.310 e. The Morgan fingerprint density at radius 1 is 1.28 bits per heavy atom. The second-order valence-electron chi connectivity index (χ2n) is 4.46. The van der Waals surface area contributed by atoms with Crippen LogP contribution in [0.3, 0.4) is 0 Å². The van der Waals surface area contributed by atoms with E-state index in [-0.39, 0.29) is 11.9 Å². The molecule has 0 aliphatic rings. The summed E-state index contributed by atoms with van der Waals surface area (Å²) in [6.07, 6.45) is 3.06. The molecule has 1 N–H and O–H groups in total. The molecule has 1 aromatic carbocycles. The molecule has 1 unspecified atom stereocenters. The molecule has 0 bridgehead atoms. The Morgan fingerprint density at radius 3 is 2.44 bits per heavy atom. The summed E-state index contributed by atoms with van der Waals surface area (Å²) in [5.41, 5.74) is 2.40. The number of aryl methyl sites for hydroxylation is 1. The van der Waals surface area contributed by atoms with Gasteiger partial charge in [-0.15, -0.1) is 0 Å². The van der Waals surface area contributed by atoms with Crippen LogP contribution in [0.15, 0.2) is 24.3 Å². The van der Waals surface area contributed by atoms with Gasteiger partial charge in [0.1, 0.15) is 0 Å². The van der Waals surface area contributed by atoms with E-state index in [1.165, 1.54) is 12.7 Å². The molecular weight excluding hydrogens is 226 g/mol. The van der Waals surface area contributed by atoms with Crippen molar-refractivity contribution < 1.29 is 9.53 Å². The van der Waals surface area contributed by atoms with E-state index in [2.05, 4.69) is 36.5 Å². The molecule has 1 atom stereocenters. The quantitative estimate of drug-likeness (QED) is 0.754. The summed E-state index contributed by atoms with van der Waals surface area (Å²) in [6.45, 7) is 4.79. The van der Waals surface area contributed by atoms with Gasteiger partial charge in [-0.2, -0.15) is 0 Å². The summed E-state index contributed by atoms with van der Waals surface area (Å²) >= 11 is 0. The highest BCUT2D eigenvalue weighted by Gasteiger charge is 2.16. The van der Waals surface area contributed by atoms with E-state index >= 15 is 0 Å². The summed E-state index contributed by atoms with van der Waals surface area (Å²) in [4.78, 5) is 11.4. The third kappa shape index (κ3) is 4.40. The fourth-order valence-electron chi connectivity index (χ4n) is 1.88. The standard InChI is InChI=1S/C15H23NO2/c1-4-6-12-7-9-14(10-8-12)16-11-13(5-2)15(17)18-3/h7-10,13,16H,4-6,11H2,1-3H3. The number of anilines is 1. The third-order valence-electron chi connectivity index (χ3n) is 3.07. The van der Waals surface area contributed by atoms with Gasteiger partial charge in [0.2, 0.25) is 0 Å². The summed E-state index contributed by atoms with van der Waals surface area (Å²) < 4.78 is 4.76. The first-order valence-corrected chi connectivity index (χ1v) is 6.61. The van der Waals surface area contributed by atoms with Gasteiger partial charge in [-0.3, -0.25) is 4.79 Å². The second-order valence-corrected chi connectivity index (χ2v) is 4.46. The van der Waals surface area contributed by atoms with Crippen molar-refractivity contribution in [2.24, 2.45) is 5.92 Å². The molecule has 0 heterocycles. The predicted molar refractivity (Wildman–Crippen MR) is 74.7 cm³/mol. The second kappa shape index (κ2) is 7.75. The van der Waals surface area contributed by atoms with Gasteiger partial charge in [-0.25, -0.2) is 0 Å². The number of hydrogen-bond donors (Lipinski definition) is 1. The van der Waals surface area contributed by atoms with E-state index in [0.717, 1.165) is 24.9 Å². The topological polar surface area (TPSA) is 38.3 Å². The average Bonchev–Trinajstić information content (AvgIpc) is 2.41. The van der Waals surface area contributed by atoms with E-state index in [0.29, 0.717) is 6.54 Å². The SMILES string of the molecule is CCCc1ccc(NCC(CC)C(=O)OC)cc1. The maximum absolute atomic E-state index is 11.4. The fourth-order valence-corrected chi connectivity index (χ4v) is 1.88. The van der Waals surface area contributed by atoms with Gasteiger partial charge in [0.15, 0.2) is 0 Å². The number of esters is 1. The lowest BCUT2D eigenvalue weighted by molar-refractivity contribution is -0.145. The molecule has 0 aromatic heterocycles. The highest BCUT2D eigenvalue weighted by Crippen LogP contribution is 2.13. The minimum Gasteiger partial charge on any atom is -0.469 e. The van der Waals surface area contributed by atoms with E-state index in [1.54, 1.807) is 0 Å². The first-order chi connectivity index (χ1) is 8.71. The maximum Gasteiger partial charge on any atom is 0.310 e. The minimum absolute atomic E-state index is 0.0784. The van der Waals surface area contributed by atoms with Crippen LogP contribution in [-0.4, -0.2) is 19.6 Å².